The molecule has 1 saturated heterocycles. The number of imidazole rings is 1. The lowest BCUT2D eigenvalue weighted by Crippen LogP contribution is -2.47. The monoisotopic (exact) mass is 511 g/mol. The smallest absolute Gasteiger partial charge is 0.229 e. The van der Waals surface area contributed by atoms with Crippen LogP contribution in [0.15, 0.2) is 71.8 Å². The molecule has 37 heavy (non-hydrogen) atoms. The Morgan fingerprint density at radius 3 is 2.41 bits per heavy atom. The quantitative estimate of drug-likeness (QED) is 0.348. The fraction of sp³-hybridized carbons (Fsp3) is 0.192. The average molecular weight is 512 g/mol. The first-order valence-electron chi connectivity index (χ1n) is 12.0. The first-order valence-corrected chi connectivity index (χ1v) is 12.9. The Morgan fingerprint density at radius 2 is 1.70 bits per heavy atom. The number of nitrogens with zero attached hydrogens (tertiary/aromatic N) is 7. The second-order valence-electron chi connectivity index (χ2n) is 8.69. The molecule has 0 bridgehead atoms. The minimum Gasteiger partial charge on any atom is -0.353 e. The highest BCUT2D eigenvalue weighted by atomic mass is 32.1. The molecule has 10 nitrogen and oxygen atoms in total. The van der Waals surface area contributed by atoms with Crippen LogP contribution in [0, 0.1) is 0 Å². The fourth-order valence-corrected chi connectivity index (χ4v) is 4.98. The number of benzene rings is 1. The number of nitrogens with one attached hydrogen (secondary N) is 2. The van der Waals surface area contributed by atoms with Crippen LogP contribution in [0.5, 0.6) is 0 Å². The van der Waals surface area contributed by atoms with Gasteiger partial charge in [-0.1, -0.05) is 6.07 Å². The van der Waals surface area contributed by atoms with Crippen molar-refractivity contribution >= 4 is 57.4 Å². The standard InChI is InChI=1S/C26H25N9OS/c1-18(36)29-19-5-7-20(8-6-19)30-24-23-25(35(17-28-23)21-9-15-37-16-21)32-26(31-24)34-13-11-33(12-14-34)22-4-2-3-10-27-22/h2-10,15-17H,11-14H2,1H3,(H,29,36)(H,30,31,32). The number of carbonyl (C=O) groups is 1. The van der Waals surface area contributed by atoms with Crippen LogP contribution in [0.1, 0.15) is 6.92 Å². The number of fused-ring (bicyclic) bond motifs is 1. The maximum Gasteiger partial charge on any atom is 0.229 e. The number of hydrogen-bond donors (Lipinski definition) is 2. The van der Waals surface area contributed by atoms with Crippen molar-refractivity contribution < 1.29 is 4.79 Å². The Bertz CT molecular complexity index is 1510. The maximum atomic E-state index is 11.4. The van der Waals surface area contributed by atoms with Crippen molar-refractivity contribution in [2.75, 3.05) is 46.6 Å². The fourth-order valence-electron chi connectivity index (χ4n) is 4.35. The van der Waals surface area contributed by atoms with Gasteiger partial charge in [-0.05, 0) is 47.8 Å². The zero-order valence-corrected chi connectivity index (χ0v) is 21.0. The number of piperazine rings is 1. The molecular weight excluding hydrogens is 486 g/mol. The van der Waals surface area contributed by atoms with Crippen molar-refractivity contribution in [3.63, 3.8) is 0 Å². The number of carbonyl (C=O) groups excluding carboxylic acids is 1. The number of thiophene rings is 1. The van der Waals surface area contributed by atoms with Gasteiger partial charge >= 0.3 is 0 Å². The van der Waals surface area contributed by atoms with Crippen molar-refractivity contribution in [3.05, 3.63) is 71.8 Å². The van der Waals surface area contributed by atoms with Gasteiger partial charge in [0, 0.05) is 56.1 Å². The Kier molecular flexibility index (Phi) is 6.11. The van der Waals surface area contributed by atoms with E-state index >= 15 is 0 Å². The van der Waals surface area contributed by atoms with E-state index in [0.717, 1.165) is 54.7 Å². The zero-order valence-electron chi connectivity index (χ0n) is 20.2. The highest BCUT2D eigenvalue weighted by Crippen LogP contribution is 2.29. The second kappa shape index (κ2) is 9.86. The molecule has 11 heteroatoms. The minimum absolute atomic E-state index is 0.107. The van der Waals surface area contributed by atoms with Crippen molar-refractivity contribution in [3.8, 4) is 5.69 Å². The van der Waals surface area contributed by atoms with Gasteiger partial charge in [0.2, 0.25) is 11.9 Å². The molecule has 1 amide bonds. The van der Waals surface area contributed by atoms with E-state index in [2.05, 4.69) is 35.8 Å². The van der Waals surface area contributed by atoms with E-state index in [1.54, 1.807) is 17.7 Å². The van der Waals surface area contributed by atoms with Gasteiger partial charge in [0.1, 0.15) is 12.1 Å². The van der Waals surface area contributed by atoms with Gasteiger partial charge in [-0.25, -0.2) is 9.97 Å². The van der Waals surface area contributed by atoms with Crippen LogP contribution in [-0.2, 0) is 4.79 Å². The molecule has 0 unspecified atom stereocenters. The topological polar surface area (TPSA) is 104 Å². The number of pyridine rings is 1. The predicted octanol–water partition coefficient (Wildman–Crippen LogP) is 4.30. The van der Waals surface area contributed by atoms with Crippen LogP contribution >= 0.6 is 11.3 Å². The van der Waals surface area contributed by atoms with Gasteiger partial charge < -0.3 is 20.4 Å². The number of anilines is 5. The number of amides is 1. The molecule has 1 aliphatic heterocycles. The van der Waals surface area contributed by atoms with E-state index in [0.29, 0.717) is 17.3 Å². The molecule has 0 radical (unpaired) electrons. The van der Waals surface area contributed by atoms with E-state index in [-0.39, 0.29) is 5.91 Å². The van der Waals surface area contributed by atoms with Gasteiger partial charge in [0.25, 0.3) is 0 Å². The predicted molar refractivity (Wildman–Crippen MR) is 147 cm³/mol. The number of hydrogen-bond acceptors (Lipinski definition) is 9. The normalized spacial score (nSPS) is 13.6. The third-order valence-electron chi connectivity index (χ3n) is 6.17. The SMILES string of the molecule is CC(=O)Nc1ccc(Nc2nc(N3CCN(c4ccccn4)CC3)nc3c2ncn3-c2ccsc2)cc1. The molecule has 5 heterocycles. The van der Waals surface area contributed by atoms with Crippen LogP contribution in [0.3, 0.4) is 0 Å². The Balaban J connectivity index is 1.32. The van der Waals surface area contributed by atoms with Crippen LogP contribution in [0.4, 0.5) is 29.0 Å². The molecular formula is C26H25N9OS. The molecule has 5 aromatic rings. The summed E-state index contributed by atoms with van der Waals surface area (Å²) in [5, 5.41) is 10.3. The Hall–Kier alpha value is -4.51. The Labute approximate surface area is 217 Å². The molecule has 186 valence electrons. The van der Waals surface area contributed by atoms with Gasteiger partial charge in [-0.3, -0.25) is 9.36 Å². The molecule has 1 aliphatic rings. The first kappa shape index (κ1) is 22.9. The van der Waals surface area contributed by atoms with Crippen molar-refractivity contribution in [2.24, 2.45) is 0 Å². The van der Waals surface area contributed by atoms with Crippen LogP contribution in [-0.4, -0.2) is 56.6 Å². The summed E-state index contributed by atoms with van der Waals surface area (Å²) in [6.45, 7) is 4.70. The van der Waals surface area contributed by atoms with E-state index in [9.17, 15) is 4.79 Å². The van der Waals surface area contributed by atoms with E-state index in [4.69, 9.17) is 9.97 Å². The molecule has 0 aliphatic carbocycles. The molecule has 0 spiro atoms. The molecule has 0 saturated carbocycles. The molecule has 0 atom stereocenters. The summed E-state index contributed by atoms with van der Waals surface area (Å²) in [7, 11) is 0. The van der Waals surface area contributed by atoms with Crippen LogP contribution in [0.25, 0.3) is 16.9 Å². The lowest BCUT2D eigenvalue weighted by atomic mass is 10.2. The highest BCUT2D eigenvalue weighted by Gasteiger charge is 2.23. The largest absolute Gasteiger partial charge is 0.353 e. The second-order valence-corrected chi connectivity index (χ2v) is 9.47. The summed E-state index contributed by atoms with van der Waals surface area (Å²) >= 11 is 1.63. The summed E-state index contributed by atoms with van der Waals surface area (Å²) in [4.78, 5) is 34.9. The van der Waals surface area contributed by atoms with E-state index in [1.807, 2.05) is 64.7 Å². The van der Waals surface area contributed by atoms with Gasteiger partial charge in [0.05, 0.1) is 5.69 Å². The zero-order chi connectivity index (χ0) is 25.2. The van der Waals surface area contributed by atoms with Gasteiger partial charge in [-0.2, -0.15) is 21.3 Å². The summed E-state index contributed by atoms with van der Waals surface area (Å²) < 4.78 is 1.99. The third-order valence-corrected chi connectivity index (χ3v) is 6.84. The molecule has 1 fully saturated rings. The van der Waals surface area contributed by atoms with Crippen LogP contribution in [0.2, 0.25) is 0 Å². The third kappa shape index (κ3) is 4.81. The number of aromatic nitrogens is 5. The Morgan fingerprint density at radius 1 is 0.919 bits per heavy atom. The molecule has 2 N–H and O–H groups in total. The first-order chi connectivity index (χ1) is 18.1. The van der Waals surface area contributed by atoms with Gasteiger partial charge in [-0.15, -0.1) is 0 Å². The summed E-state index contributed by atoms with van der Waals surface area (Å²) in [5.74, 6) is 2.17. The highest BCUT2D eigenvalue weighted by molar-refractivity contribution is 7.08. The molecule has 1 aromatic carbocycles. The average Bonchev–Trinajstić information content (AvgIpc) is 3.60. The summed E-state index contributed by atoms with van der Waals surface area (Å²) in [5.41, 5.74) is 4.02. The number of rotatable bonds is 6. The van der Waals surface area contributed by atoms with Crippen LogP contribution < -0.4 is 20.4 Å². The van der Waals surface area contributed by atoms with E-state index in [1.165, 1.54) is 6.92 Å². The minimum atomic E-state index is -0.107. The van der Waals surface area contributed by atoms with Crippen molar-refractivity contribution in [1.29, 1.82) is 0 Å². The van der Waals surface area contributed by atoms with Gasteiger partial charge in [0.15, 0.2) is 17.0 Å². The molecule has 4 aromatic heterocycles. The maximum absolute atomic E-state index is 11.4. The van der Waals surface area contributed by atoms with Crippen molar-refractivity contribution in [1.82, 2.24) is 24.5 Å². The summed E-state index contributed by atoms with van der Waals surface area (Å²) in [6.07, 6.45) is 3.61. The molecule has 6 rings (SSSR count). The van der Waals surface area contributed by atoms with Crippen molar-refractivity contribution in [2.45, 2.75) is 6.92 Å². The summed E-state index contributed by atoms with van der Waals surface area (Å²) in [6, 6.07) is 15.5. The lowest BCUT2D eigenvalue weighted by molar-refractivity contribution is -0.114. The lowest BCUT2D eigenvalue weighted by Gasteiger charge is -2.35. The van der Waals surface area contributed by atoms with E-state index < -0.39 is 0 Å².